The first-order chi connectivity index (χ1) is 40.3. The van der Waals surface area contributed by atoms with E-state index in [4.69, 9.17) is 9.47 Å². The van der Waals surface area contributed by atoms with E-state index in [1.807, 2.05) is 4.90 Å². The van der Waals surface area contributed by atoms with Crippen molar-refractivity contribution in [2.24, 2.45) is 27.6 Å². The van der Waals surface area contributed by atoms with Gasteiger partial charge in [-0.3, -0.25) is 29.4 Å². The van der Waals surface area contributed by atoms with Crippen molar-refractivity contribution in [3.05, 3.63) is 0 Å². The molecule has 84 heavy (non-hydrogen) atoms. The lowest BCUT2D eigenvalue weighted by Crippen LogP contribution is -2.49. The average Bonchev–Trinajstić information content (AvgIpc) is 3.42. The molecule has 6 amide bonds. The Morgan fingerprint density at radius 1 is 0.560 bits per heavy atom. The number of halogens is 3. The Morgan fingerprint density at radius 3 is 1.68 bits per heavy atom. The maximum absolute atomic E-state index is 12.4. The summed E-state index contributed by atoms with van der Waals surface area (Å²) in [5.74, 6) is 1.87. The molecule has 8 aliphatic heterocycles. The van der Waals surface area contributed by atoms with Crippen LogP contribution in [0, 0.1) is 27.6 Å². The van der Waals surface area contributed by atoms with Gasteiger partial charge in [-0.05, 0) is 164 Å². The van der Waals surface area contributed by atoms with Gasteiger partial charge >= 0.3 is 12.3 Å². The van der Waals surface area contributed by atoms with Gasteiger partial charge in [0.25, 0.3) is 0 Å². The van der Waals surface area contributed by atoms with Crippen LogP contribution in [0.3, 0.4) is 0 Å². The molecule has 2 unspecified atom stereocenters. The summed E-state index contributed by atoms with van der Waals surface area (Å²) in [4.78, 5) is 72.7. The largest absolute Gasteiger partial charge is 0.441 e. The third-order valence-corrected chi connectivity index (χ3v) is 21.5. The second kappa shape index (κ2) is 30.4. The van der Waals surface area contributed by atoms with Crippen molar-refractivity contribution < 1.29 is 51.4 Å². The first-order valence-electron chi connectivity index (χ1n) is 33.5. The van der Waals surface area contributed by atoms with E-state index in [0.717, 1.165) is 116 Å². The van der Waals surface area contributed by atoms with E-state index in [1.54, 1.807) is 7.11 Å². The molecule has 0 radical (unpaired) electrons. The zero-order valence-electron chi connectivity index (χ0n) is 51.6. The van der Waals surface area contributed by atoms with E-state index in [1.165, 1.54) is 148 Å². The molecule has 2 atom stereocenters. The minimum atomic E-state index is -4.21. The number of piperidine rings is 1. The Bertz CT molecular complexity index is 2100. The summed E-state index contributed by atoms with van der Waals surface area (Å²) >= 11 is 0. The van der Waals surface area contributed by atoms with Gasteiger partial charge in [-0.15, -0.1) is 0 Å². The maximum Gasteiger partial charge on any atom is 0.407 e. The fourth-order valence-electron chi connectivity index (χ4n) is 16.5. The number of methoxy groups -OCH3 is 1. The SMILES string of the molecule is CCCN1NC(=O)CC12CCCCC2.COCCN1CC2(CCCCC2)CC1=O.O=C1CC2(CCCCC2)CN1CC1CC1.O=C1CC2(CCCNCC2)CN1.O=C1CC2(CCNCC2)C(CC(F)(F)F)N1.O=C1NCC2(CCCCCC2)O1. The molecule has 8 saturated heterocycles. The number of amides is 6. The Morgan fingerprint density at radius 2 is 1.12 bits per heavy atom. The summed E-state index contributed by atoms with van der Waals surface area (Å²) in [6.07, 6.45) is 33.3. The first kappa shape index (κ1) is 66.2. The van der Waals surface area contributed by atoms with Crippen LogP contribution < -0.4 is 32.0 Å². The molecule has 13 aliphatic rings. The molecule has 20 heteroatoms. The number of nitrogens with one attached hydrogen (secondary N) is 6. The fourth-order valence-corrected chi connectivity index (χ4v) is 16.5. The Balaban J connectivity index is 0.000000132. The van der Waals surface area contributed by atoms with Crippen LogP contribution in [0.2, 0.25) is 0 Å². The number of carbonyl (C=O) groups is 6. The quantitative estimate of drug-likeness (QED) is 0.135. The number of alkyl halides is 3. The molecule has 0 aromatic rings. The summed E-state index contributed by atoms with van der Waals surface area (Å²) in [5, 5.41) is 16.9. The van der Waals surface area contributed by atoms with Gasteiger partial charge in [0.15, 0.2) is 0 Å². The highest BCUT2D eigenvalue weighted by molar-refractivity contribution is 5.81. The molecule has 6 spiro atoms. The first-order valence-corrected chi connectivity index (χ1v) is 33.5. The number of likely N-dealkylation sites (tertiary alicyclic amines) is 2. The van der Waals surface area contributed by atoms with Crippen LogP contribution in [-0.4, -0.2) is 160 Å². The fraction of sp³-hybridized carbons (Fsp3) is 0.906. The highest BCUT2D eigenvalue weighted by Gasteiger charge is 2.52. The molecule has 0 bridgehead atoms. The average molecular weight is 1190 g/mol. The predicted molar refractivity (Wildman–Crippen MR) is 317 cm³/mol. The molecule has 8 heterocycles. The van der Waals surface area contributed by atoms with Crippen LogP contribution >= 0.6 is 0 Å². The Labute approximate surface area is 500 Å². The summed E-state index contributed by atoms with van der Waals surface area (Å²) < 4.78 is 47.6. The van der Waals surface area contributed by atoms with Crippen LogP contribution in [0.1, 0.15) is 232 Å². The van der Waals surface area contributed by atoms with Gasteiger partial charge in [-0.1, -0.05) is 77.6 Å². The van der Waals surface area contributed by atoms with Crippen LogP contribution in [0.25, 0.3) is 0 Å². The molecule has 5 saturated carbocycles. The third-order valence-electron chi connectivity index (χ3n) is 21.5. The minimum Gasteiger partial charge on any atom is -0.441 e. The molecule has 0 aromatic heterocycles. The van der Waals surface area contributed by atoms with Crippen LogP contribution in [0.4, 0.5) is 18.0 Å². The highest BCUT2D eigenvalue weighted by atomic mass is 19.4. The van der Waals surface area contributed by atoms with E-state index in [9.17, 15) is 41.9 Å². The molecular weight excluding hydrogens is 1080 g/mol. The van der Waals surface area contributed by atoms with Gasteiger partial charge in [-0.25, -0.2) is 9.80 Å². The summed E-state index contributed by atoms with van der Waals surface area (Å²) in [7, 11) is 1.69. The van der Waals surface area contributed by atoms with Crippen LogP contribution in [-0.2, 0) is 33.4 Å². The Kier molecular flexibility index (Phi) is 24.0. The van der Waals surface area contributed by atoms with Crippen molar-refractivity contribution in [1.82, 2.24) is 46.8 Å². The number of alkyl carbamates (subject to hydrolysis) is 1. The lowest BCUT2D eigenvalue weighted by Gasteiger charge is -2.39. The number of carbonyl (C=O) groups excluding carboxylic acids is 6. The zero-order chi connectivity index (χ0) is 59.7. The van der Waals surface area contributed by atoms with Gasteiger partial charge < -0.3 is 45.9 Å². The predicted octanol–water partition coefficient (Wildman–Crippen LogP) is 9.51. The number of hydrazine groups is 1. The highest BCUT2D eigenvalue weighted by Crippen LogP contribution is 2.48. The number of rotatable bonds is 8. The molecule has 478 valence electrons. The number of hydrogen-bond donors (Lipinski definition) is 6. The minimum absolute atomic E-state index is 0.131. The smallest absolute Gasteiger partial charge is 0.407 e. The van der Waals surface area contributed by atoms with Crippen molar-refractivity contribution in [1.29, 1.82) is 0 Å². The van der Waals surface area contributed by atoms with Gasteiger partial charge in [0, 0.05) is 95.5 Å². The molecule has 13 rings (SSSR count). The molecule has 13 fully saturated rings. The maximum atomic E-state index is 12.4. The van der Waals surface area contributed by atoms with Crippen molar-refractivity contribution in [3.63, 3.8) is 0 Å². The van der Waals surface area contributed by atoms with E-state index >= 15 is 0 Å². The van der Waals surface area contributed by atoms with Crippen LogP contribution in [0.5, 0.6) is 0 Å². The lowest BCUT2D eigenvalue weighted by molar-refractivity contribution is -0.146. The van der Waals surface area contributed by atoms with Gasteiger partial charge in [0.2, 0.25) is 29.5 Å². The van der Waals surface area contributed by atoms with Crippen molar-refractivity contribution in [2.45, 2.75) is 255 Å². The van der Waals surface area contributed by atoms with Gasteiger partial charge in [0.1, 0.15) is 5.60 Å². The molecular formula is C64H108F3N9O8. The number of nitrogens with zero attached hydrogens (tertiary/aromatic N) is 3. The van der Waals surface area contributed by atoms with Gasteiger partial charge in [-0.2, -0.15) is 13.2 Å². The lowest BCUT2D eigenvalue weighted by atomic mass is 9.72. The molecule has 5 aliphatic carbocycles. The normalized spacial score (nSPS) is 29.1. The standard InChI is InChI=1S/C13H21NO.C12H21NO2.C11H20N2O.C10H15F3N2O.C9H16N2O.C9H15NO2/c15-12-8-13(6-2-1-3-7-13)10-14(12)9-11-4-5-11;1-15-8-7-13-10-12(9-11(13)14)5-3-2-4-6-12;1-2-8-13-11(9-10(14)12-13)6-4-3-5-7-11;11-10(12,13)5-7-9(6-8(16)15-7)1-3-14-4-2-9;12-8-6-9(7-11-8)2-1-4-10-5-3-9;11-8-10-7-9(12-8)5-3-1-2-4-6-9/h11H,1-10H2;2-10H2,1H3;2-9H2,1H3,(H,12,14);7,14H,1-6H2,(H,15,16);10H,1-7H2,(H,11,12);1-7H2,(H,10,11). The zero-order valence-corrected chi connectivity index (χ0v) is 51.6. The summed E-state index contributed by atoms with van der Waals surface area (Å²) in [5.41, 5.74) is 3.64. The monoisotopic (exact) mass is 1190 g/mol. The van der Waals surface area contributed by atoms with Gasteiger partial charge in [0.05, 0.1) is 19.6 Å². The van der Waals surface area contributed by atoms with E-state index in [-0.39, 0.29) is 41.4 Å². The van der Waals surface area contributed by atoms with Crippen molar-refractivity contribution in [2.75, 3.05) is 85.7 Å². The summed E-state index contributed by atoms with van der Waals surface area (Å²) in [6.45, 7) is 13.0. The van der Waals surface area contributed by atoms with Crippen molar-refractivity contribution in [3.8, 4) is 0 Å². The molecule has 17 nitrogen and oxygen atoms in total. The van der Waals surface area contributed by atoms with E-state index in [2.05, 4.69) is 48.8 Å². The second-order valence-electron chi connectivity index (χ2n) is 28.3. The topological polar surface area (TPSA) is 203 Å². The van der Waals surface area contributed by atoms with E-state index < -0.39 is 24.1 Å². The number of hydrogen-bond acceptors (Lipinski definition) is 11. The molecule has 6 N–H and O–H groups in total. The summed E-state index contributed by atoms with van der Waals surface area (Å²) in [6, 6.07) is -0.734. The third kappa shape index (κ3) is 18.9. The molecule has 0 aromatic carbocycles. The Hall–Kier alpha value is -3.75. The number of ether oxygens (including phenoxy) is 2. The van der Waals surface area contributed by atoms with E-state index in [0.29, 0.717) is 60.6 Å². The van der Waals surface area contributed by atoms with Crippen LogP contribution in [0.15, 0.2) is 0 Å². The second-order valence-corrected chi connectivity index (χ2v) is 28.3. The van der Waals surface area contributed by atoms with Crippen molar-refractivity contribution >= 4 is 35.6 Å².